The first-order chi connectivity index (χ1) is 15.7. The van der Waals surface area contributed by atoms with Crippen molar-refractivity contribution in [1.29, 1.82) is 4.29 Å². The van der Waals surface area contributed by atoms with Gasteiger partial charge in [-0.25, -0.2) is 0 Å². The van der Waals surface area contributed by atoms with Gasteiger partial charge < -0.3 is 25.2 Å². The normalized spacial score (nSPS) is 32.6. The number of carboxylic acids is 1. The summed E-state index contributed by atoms with van der Waals surface area (Å²) in [6, 6.07) is 0. The number of esters is 1. The average Bonchev–Trinajstić information content (AvgIpc) is 2.80. The summed E-state index contributed by atoms with van der Waals surface area (Å²) in [6.07, 6.45) is 5.69. The number of hydrogen-bond acceptors (Lipinski definition) is 6. The maximum absolute atomic E-state index is 12.6. The summed E-state index contributed by atoms with van der Waals surface area (Å²) in [5, 5.41) is 23.1. The highest BCUT2D eigenvalue weighted by Crippen LogP contribution is 2.44. The molecule has 0 saturated carbocycles. The predicted octanol–water partition coefficient (Wildman–Crippen LogP) is 2.44. The van der Waals surface area contributed by atoms with Gasteiger partial charge in [-0.2, -0.15) is 0 Å². The van der Waals surface area contributed by atoms with Gasteiger partial charge in [0.1, 0.15) is 6.10 Å². The van der Waals surface area contributed by atoms with E-state index in [1.165, 1.54) is 0 Å². The number of fused-ring (bicyclic) bond motifs is 1. The first kappa shape index (κ1) is 20.2. The second-order valence-electron chi connectivity index (χ2n) is 8.79. The Balaban J connectivity index is 2.17. The van der Waals surface area contributed by atoms with Gasteiger partial charge in [-0.1, -0.05) is 39.0 Å². The molecule has 0 fully saturated rings. The molecule has 0 aromatic carbocycles. The lowest BCUT2D eigenvalue weighted by Gasteiger charge is -2.43. The van der Waals surface area contributed by atoms with Gasteiger partial charge in [0.15, 0.2) is 0 Å². The lowest BCUT2D eigenvalue weighted by atomic mass is 9.66. The summed E-state index contributed by atoms with van der Waals surface area (Å²) < 4.78 is 27.8. The van der Waals surface area contributed by atoms with E-state index in [0.717, 1.165) is 5.57 Å². The smallest absolute Gasteiger partial charge is 0.308 e. The van der Waals surface area contributed by atoms with Gasteiger partial charge in [0.2, 0.25) is 4.29 Å². The third kappa shape index (κ3) is 6.65. The summed E-state index contributed by atoms with van der Waals surface area (Å²) in [6.45, 7) is 5.86. The van der Waals surface area contributed by atoms with E-state index in [4.69, 9.17) is 24.4 Å². The molecule has 0 aliphatic heterocycles. The molecule has 4 N–H and O–H groups in total. The number of hydrogen-bond donors (Lipinski definition) is 4. The zero-order valence-electron chi connectivity index (χ0n) is 21.0. The standard InChI is InChI=1S/C23H36O7/c1-4-13(2)23(29)30-20-11-17(25)9-15-6-5-14(3)19(22(15)20)8-7-16(24)10-18(26)12-21(27)28/h5-6,9,13-14,16-20,22,24-26H,4,7-8,10-12H2,1-3H3,(H,27,28)/t13-,14-,16+,17+,18+,19-,20-,22-/m0/s1/i24D,25D,26D. The van der Waals surface area contributed by atoms with E-state index in [1.54, 1.807) is 0 Å². The Kier molecular flexibility index (Phi) is 7.46. The van der Waals surface area contributed by atoms with Crippen LogP contribution < -0.4 is 0 Å². The Hall–Kier alpha value is -1.70. The molecule has 0 aromatic rings. The number of carbonyl (C=O) groups excluding carboxylic acids is 1. The van der Waals surface area contributed by atoms with Crippen molar-refractivity contribution in [3.8, 4) is 0 Å². The monoisotopic (exact) mass is 427 g/mol. The van der Waals surface area contributed by atoms with Crippen LogP contribution in [0.15, 0.2) is 23.8 Å². The molecule has 2 aliphatic carbocycles. The van der Waals surface area contributed by atoms with Crippen LogP contribution in [0.3, 0.4) is 0 Å². The molecule has 0 amide bonds. The Bertz CT molecular complexity index is 714. The number of carbonyl (C=O) groups is 2. The fourth-order valence-electron chi connectivity index (χ4n) is 4.47. The lowest BCUT2D eigenvalue weighted by molar-refractivity contribution is -0.159. The van der Waals surface area contributed by atoms with Crippen molar-refractivity contribution in [1.82, 2.24) is 0 Å². The van der Waals surface area contributed by atoms with Crippen LogP contribution >= 0.6 is 0 Å². The van der Waals surface area contributed by atoms with Crippen molar-refractivity contribution >= 4 is 11.9 Å². The minimum absolute atomic E-state index is 0.0713. The van der Waals surface area contributed by atoms with Crippen LogP contribution in [0.2, 0.25) is 0 Å². The van der Waals surface area contributed by atoms with Crippen LogP contribution in [0, 0.1) is 23.7 Å². The quantitative estimate of drug-likeness (QED) is 0.333. The van der Waals surface area contributed by atoms with Gasteiger partial charge in [0, 0.05) is 12.3 Å². The highest BCUT2D eigenvalue weighted by Gasteiger charge is 2.42. The molecule has 7 nitrogen and oxygen atoms in total. The SMILES string of the molecule is [2H]O[C@H](CC[C@@H]1[C@@H]2C(=C[C@@H](O[2H])C[C@@H]2OC(=O)[C@@H](C)CC)C=C[C@@H]1C)C[C@H](CC(=O)O)O[2H]. The van der Waals surface area contributed by atoms with Gasteiger partial charge in [0.05, 0.1) is 30.7 Å². The summed E-state index contributed by atoms with van der Waals surface area (Å²) in [4.78, 5) is 23.5. The van der Waals surface area contributed by atoms with E-state index >= 15 is 0 Å². The van der Waals surface area contributed by atoms with E-state index in [0.29, 0.717) is 25.7 Å². The number of aliphatic carboxylic acids is 1. The van der Waals surface area contributed by atoms with Crippen LogP contribution in [0.1, 0.15) is 59.3 Å². The first-order valence-electron chi connectivity index (χ1n) is 12.1. The highest BCUT2D eigenvalue weighted by atomic mass is 16.5. The minimum Gasteiger partial charge on any atom is -0.481 e. The predicted molar refractivity (Wildman–Crippen MR) is 111 cm³/mol. The van der Waals surface area contributed by atoms with Crippen molar-refractivity contribution in [3.05, 3.63) is 23.8 Å². The summed E-state index contributed by atoms with van der Waals surface area (Å²) in [5.41, 5.74) is 0.977. The van der Waals surface area contributed by atoms with Gasteiger partial charge in [-0.05, 0) is 43.1 Å². The summed E-state index contributed by atoms with van der Waals surface area (Å²) >= 11 is 0. The lowest BCUT2D eigenvalue weighted by Crippen LogP contribution is -2.43. The minimum atomic E-state index is -1.07. The third-order valence-electron chi connectivity index (χ3n) is 6.39. The number of allylic oxidation sites excluding steroid dienone is 2. The molecule has 0 saturated heterocycles. The molecule has 0 heterocycles. The molecule has 2 aliphatic rings. The zero-order valence-corrected chi connectivity index (χ0v) is 18.0. The molecule has 0 bridgehead atoms. The van der Waals surface area contributed by atoms with Crippen molar-refractivity contribution in [2.24, 2.45) is 23.7 Å². The van der Waals surface area contributed by atoms with E-state index < -0.39 is 30.4 Å². The van der Waals surface area contributed by atoms with Crippen molar-refractivity contribution in [2.45, 2.75) is 83.7 Å². The molecule has 170 valence electrons. The summed E-state index contributed by atoms with van der Waals surface area (Å²) in [5.74, 6) is -1.35. The van der Waals surface area contributed by atoms with Crippen LogP contribution in [-0.2, 0) is 14.3 Å². The van der Waals surface area contributed by atoms with Crippen LogP contribution in [0.5, 0.6) is 0 Å². The number of aliphatic hydroxyl groups is 3. The molecule has 7 heteroatoms. The maximum Gasteiger partial charge on any atom is 0.308 e. The largest absolute Gasteiger partial charge is 0.481 e. The topological polar surface area (TPSA) is 124 Å². The van der Waals surface area contributed by atoms with E-state index in [9.17, 15) is 9.59 Å². The molecule has 0 aromatic heterocycles. The number of aliphatic hydroxyl groups excluding tert-OH is 3. The number of carboxylic acid groups (broad SMARTS) is 1. The van der Waals surface area contributed by atoms with Gasteiger partial charge in [0.25, 0.3) is 0 Å². The van der Waals surface area contributed by atoms with Crippen LogP contribution in [0.25, 0.3) is 0 Å². The molecular formula is C23H36O7. The first-order valence-corrected chi connectivity index (χ1v) is 10.9. The molecular weight excluding hydrogens is 388 g/mol. The highest BCUT2D eigenvalue weighted by molar-refractivity contribution is 5.72. The zero-order chi connectivity index (χ0) is 24.5. The second-order valence-corrected chi connectivity index (χ2v) is 8.79. The van der Waals surface area contributed by atoms with Gasteiger partial charge >= 0.3 is 11.9 Å². The van der Waals surface area contributed by atoms with E-state index in [1.807, 2.05) is 26.0 Å². The fourth-order valence-corrected chi connectivity index (χ4v) is 4.47. The third-order valence-corrected chi connectivity index (χ3v) is 6.39. The van der Waals surface area contributed by atoms with Gasteiger partial charge in [-0.3, -0.25) is 9.59 Å². The molecule has 0 unspecified atom stereocenters. The van der Waals surface area contributed by atoms with Crippen molar-refractivity contribution in [2.75, 3.05) is 0 Å². The van der Waals surface area contributed by atoms with Crippen LogP contribution in [0.4, 0.5) is 0 Å². The number of ether oxygens (including phenoxy) is 1. The van der Waals surface area contributed by atoms with Crippen LogP contribution in [-0.4, -0.2) is 61.1 Å². The second kappa shape index (κ2) is 11.1. The van der Waals surface area contributed by atoms with Gasteiger partial charge in [-0.15, -0.1) is 0 Å². The Morgan fingerprint density at radius 2 is 2.10 bits per heavy atom. The van der Waals surface area contributed by atoms with Crippen molar-refractivity contribution < 1.29 is 34.8 Å². The summed E-state index contributed by atoms with van der Waals surface area (Å²) in [7, 11) is 0. The number of rotatable bonds is 13. The van der Waals surface area contributed by atoms with E-state index in [-0.39, 0.29) is 42.5 Å². The van der Waals surface area contributed by atoms with E-state index in [2.05, 4.69) is 18.1 Å². The maximum atomic E-state index is 12.6. The Labute approximate surface area is 182 Å². The Morgan fingerprint density at radius 3 is 2.73 bits per heavy atom. The fraction of sp³-hybridized carbons (Fsp3) is 0.739. The Morgan fingerprint density at radius 1 is 1.33 bits per heavy atom. The van der Waals surface area contributed by atoms with Crippen molar-refractivity contribution in [3.63, 3.8) is 0 Å². The molecule has 0 radical (unpaired) electrons. The molecule has 8 atom stereocenters. The molecule has 30 heavy (non-hydrogen) atoms. The average molecular weight is 428 g/mol. The molecule has 2 rings (SSSR count). The molecule has 0 spiro atoms.